The molecule has 0 radical (unpaired) electrons. The predicted molar refractivity (Wildman–Crippen MR) is 73.1 cm³/mol. The van der Waals surface area contributed by atoms with Crippen molar-refractivity contribution >= 4 is 12.6 Å². The van der Waals surface area contributed by atoms with Crippen molar-refractivity contribution in [1.29, 1.82) is 0 Å². The molecule has 0 atom stereocenters. The van der Waals surface area contributed by atoms with Gasteiger partial charge in [-0.05, 0) is 44.8 Å². The molecule has 1 saturated heterocycles. The van der Waals surface area contributed by atoms with E-state index >= 15 is 0 Å². The highest BCUT2D eigenvalue weighted by Gasteiger charge is 2.52. The molecule has 0 bridgehead atoms. The van der Waals surface area contributed by atoms with Gasteiger partial charge in [-0.25, -0.2) is 0 Å². The summed E-state index contributed by atoms with van der Waals surface area (Å²) in [6, 6.07) is 3.20. The van der Waals surface area contributed by atoms with Crippen LogP contribution in [0.5, 0.6) is 0 Å². The topological polar surface area (TPSA) is 38.7 Å². The molecule has 21 heavy (non-hydrogen) atoms. The number of benzene rings is 1. The van der Waals surface area contributed by atoms with Gasteiger partial charge in [0.15, 0.2) is 0 Å². The highest BCUT2D eigenvalue weighted by Crippen LogP contribution is 2.37. The van der Waals surface area contributed by atoms with Gasteiger partial charge in [-0.3, -0.25) is 0 Å². The third kappa shape index (κ3) is 2.95. The van der Waals surface area contributed by atoms with Crippen LogP contribution in [0.25, 0.3) is 0 Å². The Morgan fingerprint density at radius 3 is 2.05 bits per heavy atom. The Morgan fingerprint density at radius 2 is 1.62 bits per heavy atom. The molecular weight excluding hydrogens is 284 g/mol. The van der Waals surface area contributed by atoms with E-state index in [2.05, 4.69) is 0 Å². The van der Waals surface area contributed by atoms with Crippen LogP contribution < -0.4 is 5.46 Å². The number of alkyl halides is 3. The second-order valence-electron chi connectivity index (χ2n) is 6.16. The SMILES string of the molecule is CC1(C)OB(c2ccc(C(F)(F)F)cc2CO)OC1(C)C. The zero-order valence-electron chi connectivity index (χ0n) is 12.4. The molecule has 1 aliphatic heterocycles. The lowest BCUT2D eigenvalue weighted by Crippen LogP contribution is -2.41. The van der Waals surface area contributed by atoms with E-state index in [-0.39, 0.29) is 5.56 Å². The molecule has 3 nitrogen and oxygen atoms in total. The molecule has 7 heteroatoms. The Morgan fingerprint density at radius 1 is 1.10 bits per heavy atom. The fourth-order valence-electron chi connectivity index (χ4n) is 2.12. The largest absolute Gasteiger partial charge is 0.495 e. The number of rotatable bonds is 2. The van der Waals surface area contributed by atoms with Crippen LogP contribution in [0.4, 0.5) is 13.2 Å². The normalized spacial score (nSPS) is 20.9. The summed E-state index contributed by atoms with van der Waals surface area (Å²) in [5, 5.41) is 9.35. The number of aliphatic hydroxyl groups is 1. The minimum atomic E-state index is -4.45. The van der Waals surface area contributed by atoms with E-state index in [9.17, 15) is 18.3 Å². The monoisotopic (exact) mass is 302 g/mol. The van der Waals surface area contributed by atoms with Crippen molar-refractivity contribution in [1.82, 2.24) is 0 Å². The molecule has 0 unspecified atom stereocenters. The van der Waals surface area contributed by atoms with Crippen LogP contribution in [0.15, 0.2) is 18.2 Å². The molecular formula is C14H18BF3O3. The fraction of sp³-hybridized carbons (Fsp3) is 0.571. The number of aliphatic hydroxyl groups excluding tert-OH is 1. The minimum Gasteiger partial charge on any atom is -0.399 e. The van der Waals surface area contributed by atoms with Gasteiger partial charge < -0.3 is 14.4 Å². The maximum atomic E-state index is 12.7. The molecule has 0 saturated carbocycles. The summed E-state index contributed by atoms with van der Waals surface area (Å²) in [7, 11) is -0.792. The van der Waals surface area contributed by atoms with Crippen LogP contribution in [0, 0.1) is 0 Å². The van der Waals surface area contributed by atoms with E-state index in [1.165, 1.54) is 6.07 Å². The van der Waals surface area contributed by atoms with Crippen LogP contribution in [0.1, 0.15) is 38.8 Å². The maximum Gasteiger partial charge on any atom is 0.495 e. The summed E-state index contributed by atoms with van der Waals surface area (Å²) in [5.74, 6) is 0. The van der Waals surface area contributed by atoms with E-state index in [1.54, 1.807) is 0 Å². The van der Waals surface area contributed by atoms with Crippen molar-refractivity contribution in [2.45, 2.75) is 51.7 Å². The van der Waals surface area contributed by atoms with Gasteiger partial charge in [-0.1, -0.05) is 12.1 Å². The van der Waals surface area contributed by atoms with Crippen molar-refractivity contribution < 1.29 is 27.6 Å². The zero-order chi connectivity index (χ0) is 16.1. The van der Waals surface area contributed by atoms with Gasteiger partial charge in [-0.2, -0.15) is 13.2 Å². The number of hydrogen-bond donors (Lipinski definition) is 1. The van der Waals surface area contributed by atoms with Gasteiger partial charge in [-0.15, -0.1) is 0 Å². The summed E-state index contributed by atoms with van der Waals surface area (Å²) in [4.78, 5) is 0. The standard InChI is InChI=1S/C14H18BF3O3/c1-12(2)13(3,4)21-15(20-12)11-6-5-10(14(16,17)18)7-9(11)8-19/h5-7,19H,8H2,1-4H3. The average molecular weight is 302 g/mol. The van der Waals surface area contributed by atoms with Crippen molar-refractivity contribution in [3.05, 3.63) is 29.3 Å². The second kappa shape index (κ2) is 5.00. The van der Waals surface area contributed by atoms with Crippen molar-refractivity contribution in [3.8, 4) is 0 Å². The van der Waals surface area contributed by atoms with E-state index in [0.29, 0.717) is 5.46 Å². The highest BCUT2D eigenvalue weighted by molar-refractivity contribution is 6.62. The zero-order valence-corrected chi connectivity index (χ0v) is 12.4. The molecule has 1 aliphatic rings. The van der Waals surface area contributed by atoms with Gasteiger partial charge in [0.05, 0.1) is 23.4 Å². The quantitative estimate of drug-likeness (QED) is 0.853. The predicted octanol–water partition coefficient (Wildman–Crippen LogP) is 2.50. The maximum absolute atomic E-state index is 12.7. The number of halogens is 3. The molecule has 116 valence electrons. The highest BCUT2D eigenvalue weighted by atomic mass is 19.4. The van der Waals surface area contributed by atoms with Crippen LogP contribution in [-0.2, 0) is 22.1 Å². The Hall–Kier alpha value is -1.05. The Labute approximate surface area is 122 Å². The first-order valence-corrected chi connectivity index (χ1v) is 6.64. The molecule has 1 heterocycles. The van der Waals surface area contributed by atoms with Gasteiger partial charge in [0.2, 0.25) is 0 Å². The summed E-state index contributed by atoms with van der Waals surface area (Å²) in [5.41, 5.74) is -1.40. The van der Waals surface area contributed by atoms with Gasteiger partial charge in [0.1, 0.15) is 0 Å². The Kier molecular flexibility index (Phi) is 3.89. The van der Waals surface area contributed by atoms with E-state index < -0.39 is 36.7 Å². The summed E-state index contributed by atoms with van der Waals surface area (Å²) in [6.45, 7) is 6.92. The summed E-state index contributed by atoms with van der Waals surface area (Å²) in [6.07, 6.45) is -4.45. The van der Waals surface area contributed by atoms with E-state index in [4.69, 9.17) is 9.31 Å². The lowest BCUT2D eigenvalue weighted by Gasteiger charge is -2.32. The van der Waals surface area contributed by atoms with Crippen LogP contribution in [-0.4, -0.2) is 23.4 Å². The van der Waals surface area contributed by atoms with Crippen molar-refractivity contribution in [2.75, 3.05) is 0 Å². The van der Waals surface area contributed by atoms with Crippen LogP contribution in [0.3, 0.4) is 0 Å². The lowest BCUT2D eigenvalue weighted by atomic mass is 9.75. The molecule has 0 aromatic heterocycles. The molecule has 1 N–H and O–H groups in total. The molecule has 1 fully saturated rings. The smallest absolute Gasteiger partial charge is 0.399 e. The van der Waals surface area contributed by atoms with Gasteiger partial charge in [0, 0.05) is 0 Å². The summed E-state index contributed by atoms with van der Waals surface area (Å²) >= 11 is 0. The molecule has 0 aliphatic carbocycles. The van der Waals surface area contributed by atoms with E-state index in [1.807, 2.05) is 27.7 Å². The summed E-state index contributed by atoms with van der Waals surface area (Å²) < 4.78 is 49.8. The van der Waals surface area contributed by atoms with Crippen molar-refractivity contribution in [2.24, 2.45) is 0 Å². The molecule has 2 rings (SSSR count). The Bertz CT molecular complexity index is 525. The fourth-order valence-corrected chi connectivity index (χ4v) is 2.12. The van der Waals surface area contributed by atoms with Gasteiger partial charge >= 0.3 is 13.3 Å². The lowest BCUT2D eigenvalue weighted by molar-refractivity contribution is -0.137. The first-order valence-electron chi connectivity index (χ1n) is 6.64. The van der Waals surface area contributed by atoms with Crippen LogP contribution in [0.2, 0.25) is 0 Å². The van der Waals surface area contributed by atoms with E-state index in [0.717, 1.165) is 12.1 Å². The molecule has 0 spiro atoms. The minimum absolute atomic E-state index is 0.156. The third-order valence-corrected chi connectivity index (χ3v) is 4.15. The van der Waals surface area contributed by atoms with Crippen molar-refractivity contribution in [3.63, 3.8) is 0 Å². The third-order valence-electron chi connectivity index (χ3n) is 4.15. The van der Waals surface area contributed by atoms with Crippen LogP contribution >= 0.6 is 0 Å². The molecule has 1 aromatic rings. The first kappa shape index (κ1) is 16.3. The molecule has 0 amide bonds. The number of hydrogen-bond acceptors (Lipinski definition) is 3. The second-order valence-corrected chi connectivity index (χ2v) is 6.16. The first-order chi connectivity index (χ1) is 9.48. The average Bonchev–Trinajstić information content (AvgIpc) is 2.56. The van der Waals surface area contributed by atoms with Gasteiger partial charge in [0.25, 0.3) is 0 Å². The Balaban J connectivity index is 2.38. The molecule has 1 aromatic carbocycles.